The van der Waals surface area contributed by atoms with Crippen LogP contribution in [-0.2, 0) is 10.8 Å². The average Bonchev–Trinajstić information content (AvgIpc) is 2.84. The van der Waals surface area contributed by atoms with Gasteiger partial charge in [-0.2, -0.15) is 0 Å². The molecular formula is C32H32S. The Balaban J connectivity index is 0.000000160. The van der Waals surface area contributed by atoms with Crippen LogP contribution >= 0.6 is 12.6 Å². The van der Waals surface area contributed by atoms with Crippen LogP contribution in [0.5, 0.6) is 0 Å². The van der Waals surface area contributed by atoms with E-state index in [2.05, 4.69) is 120 Å². The minimum atomic E-state index is 0.0999. The second-order valence-corrected chi connectivity index (χ2v) is 10.3. The molecular weight excluding hydrogens is 416 g/mol. The van der Waals surface area contributed by atoms with Gasteiger partial charge in [0.2, 0.25) is 0 Å². The zero-order chi connectivity index (χ0) is 23.6. The summed E-state index contributed by atoms with van der Waals surface area (Å²) in [5.41, 5.74) is 9.58. The molecule has 0 saturated heterocycles. The van der Waals surface area contributed by atoms with Crippen molar-refractivity contribution in [3.05, 3.63) is 138 Å². The van der Waals surface area contributed by atoms with Crippen molar-refractivity contribution in [1.29, 1.82) is 0 Å². The maximum Gasteiger partial charge on any atom is 0.0152 e. The van der Waals surface area contributed by atoms with Gasteiger partial charge in [-0.25, -0.2) is 0 Å². The van der Waals surface area contributed by atoms with E-state index >= 15 is 0 Å². The molecule has 0 fully saturated rings. The first-order valence-corrected chi connectivity index (χ1v) is 11.9. The number of thiol groups is 1. The molecule has 1 aliphatic rings. The molecule has 0 aromatic heterocycles. The number of fused-ring (bicyclic) bond motifs is 2. The predicted octanol–water partition coefficient (Wildman–Crippen LogP) is 8.91. The van der Waals surface area contributed by atoms with Crippen molar-refractivity contribution in [2.24, 2.45) is 0 Å². The van der Waals surface area contributed by atoms with E-state index in [1.54, 1.807) is 0 Å². The summed E-state index contributed by atoms with van der Waals surface area (Å²) in [6.07, 6.45) is 0. The normalized spacial score (nSPS) is 14.8. The van der Waals surface area contributed by atoms with Crippen LogP contribution in [0.3, 0.4) is 0 Å². The van der Waals surface area contributed by atoms with Crippen LogP contribution in [0, 0.1) is 0 Å². The van der Waals surface area contributed by atoms with Gasteiger partial charge in [0.25, 0.3) is 0 Å². The van der Waals surface area contributed by atoms with Crippen molar-refractivity contribution in [2.75, 3.05) is 0 Å². The Morgan fingerprint density at radius 1 is 0.515 bits per heavy atom. The molecule has 0 nitrogen and oxygen atoms in total. The van der Waals surface area contributed by atoms with E-state index in [0.717, 1.165) is 10.5 Å². The van der Waals surface area contributed by atoms with Gasteiger partial charge in [-0.15, -0.1) is 12.6 Å². The van der Waals surface area contributed by atoms with Gasteiger partial charge in [0.1, 0.15) is 0 Å². The maximum atomic E-state index is 4.21. The van der Waals surface area contributed by atoms with Crippen LogP contribution in [0.15, 0.2) is 110 Å². The summed E-state index contributed by atoms with van der Waals surface area (Å²) in [5, 5.41) is 0. The van der Waals surface area contributed by atoms with E-state index < -0.39 is 0 Å². The molecule has 0 N–H and O–H groups in total. The van der Waals surface area contributed by atoms with E-state index in [1.807, 2.05) is 30.3 Å². The Labute approximate surface area is 204 Å². The van der Waals surface area contributed by atoms with Gasteiger partial charge in [0, 0.05) is 15.7 Å². The first kappa shape index (κ1) is 23.1. The summed E-state index contributed by atoms with van der Waals surface area (Å²) in [6, 6.07) is 36.3. The van der Waals surface area contributed by atoms with Crippen LogP contribution in [0.1, 0.15) is 55.5 Å². The molecule has 1 aliphatic carbocycles. The molecule has 0 aliphatic heterocycles. The standard InChI is InChI=1S/C18H20.C14H12S/c1-17(2)13-9-5-7-11-15(13)18(3,4)16-12-8-6-10-14(16)17;1-11(15)12-7-9-14(10-8-12)13-5-3-2-4-6-13/h5-12H,1-4H3;2-10,15H,1H2. The highest BCUT2D eigenvalue weighted by Gasteiger charge is 2.40. The highest BCUT2D eigenvalue weighted by Crippen LogP contribution is 2.49. The van der Waals surface area contributed by atoms with Crippen molar-refractivity contribution in [2.45, 2.75) is 38.5 Å². The van der Waals surface area contributed by atoms with Gasteiger partial charge < -0.3 is 0 Å². The molecule has 4 aromatic rings. The maximum absolute atomic E-state index is 4.21. The van der Waals surface area contributed by atoms with Gasteiger partial charge in [-0.1, -0.05) is 137 Å². The van der Waals surface area contributed by atoms with Crippen LogP contribution in [0.4, 0.5) is 0 Å². The van der Waals surface area contributed by atoms with Gasteiger partial charge >= 0.3 is 0 Å². The lowest BCUT2D eigenvalue weighted by molar-refractivity contribution is 0.520. The third-order valence-electron chi connectivity index (χ3n) is 6.87. The largest absolute Gasteiger partial charge is 0.143 e. The summed E-state index contributed by atoms with van der Waals surface area (Å²) < 4.78 is 0. The molecule has 0 spiro atoms. The Morgan fingerprint density at radius 2 is 0.848 bits per heavy atom. The average molecular weight is 449 g/mol. The number of rotatable bonds is 2. The first-order chi connectivity index (χ1) is 15.7. The van der Waals surface area contributed by atoms with E-state index in [0.29, 0.717) is 0 Å². The lowest BCUT2D eigenvalue weighted by Gasteiger charge is -2.43. The minimum absolute atomic E-state index is 0.0999. The topological polar surface area (TPSA) is 0 Å². The smallest absolute Gasteiger partial charge is 0.0152 e. The molecule has 0 unspecified atom stereocenters. The molecule has 0 bridgehead atoms. The van der Waals surface area contributed by atoms with E-state index in [4.69, 9.17) is 0 Å². The van der Waals surface area contributed by atoms with Crippen molar-refractivity contribution in [3.63, 3.8) is 0 Å². The highest BCUT2D eigenvalue weighted by molar-refractivity contribution is 7.90. The fourth-order valence-corrected chi connectivity index (χ4v) is 5.07. The molecule has 0 amide bonds. The van der Waals surface area contributed by atoms with E-state index in [9.17, 15) is 0 Å². The molecule has 166 valence electrons. The van der Waals surface area contributed by atoms with Crippen LogP contribution in [0.25, 0.3) is 16.0 Å². The lowest BCUT2D eigenvalue weighted by Crippen LogP contribution is -2.36. The zero-order valence-corrected chi connectivity index (χ0v) is 20.9. The van der Waals surface area contributed by atoms with Crippen molar-refractivity contribution >= 4 is 17.5 Å². The Kier molecular flexibility index (Phi) is 6.36. The molecule has 5 rings (SSSR count). The number of hydrogen-bond donors (Lipinski definition) is 1. The van der Waals surface area contributed by atoms with Crippen LogP contribution in [0.2, 0.25) is 0 Å². The second kappa shape index (κ2) is 9.08. The lowest BCUT2D eigenvalue weighted by atomic mass is 9.60. The van der Waals surface area contributed by atoms with Gasteiger partial charge in [0.15, 0.2) is 0 Å². The molecule has 0 saturated carbocycles. The van der Waals surface area contributed by atoms with Gasteiger partial charge in [-0.3, -0.25) is 0 Å². The minimum Gasteiger partial charge on any atom is -0.143 e. The zero-order valence-electron chi connectivity index (χ0n) is 20.0. The number of hydrogen-bond acceptors (Lipinski definition) is 1. The SMILES string of the molecule is C=C(S)c1ccc(-c2ccccc2)cc1.CC1(C)c2ccccc2C(C)(C)c2ccccc21. The van der Waals surface area contributed by atoms with E-state index in [1.165, 1.54) is 33.4 Å². The number of benzene rings is 4. The Bertz CT molecular complexity index is 1160. The summed E-state index contributed by atoms with van der Waals surface area (Å²) >= 11 is 4.21. The molecule has 4 aromatic carbocycles. The first-order valence-electron chi connectivity index (χ1n) is 11.5. The quantitative estimate of drug-likeness (QED) is 0.291. The third kappa shape index (κ3) is 4.43. The van der Waals surface area contributed by atoms with Crippen molar-refractivity contribution in [3.8, 4) is 11.1 Å². The summed E-state index contributed by atoms with van der Waals surface area (Å²) in [5.74, 6) is 0. The Morgan fingerprint density at radius 3 is 1.21 bits per heavy atom. The Hall–Kier alpha value is -3.03. The van der Waals surface area contributed by atoms with Gasteiger partial charge in [0.05, 0.1) is 0 Å². The summed E-state index contributed by atoms with van der Waals surface area (Å²) in [4.78, 5) is 0.801. The van der Waals surface area contributed by atoms with Crippen molar-refractivity contribution in [1.82, 2.24) is 0 Å². The summed E-state index contributed by atoms with van der Waals surface area (Å²) in [6.45, 7) is 13.1. The van der Waals surface area contributed by atoms with Crippen LogP contribution < -0.4 is 0 Å². The third-order valence-corrected chi connectivity index (χ3v) is 7.13. The monoisotopic (exact) mass is 448 g/mol. The molecule has 0 atom stereocenters. The fourth-order valence-electron chi connectivity index (χ4n) is 4.92. The van der Waals surface area contributed by atoms with Gasteiger partial charge in [-0.05, 0) is 38.9 Å². The molecule has 33 heavy (non-hydrogen) atoms. The molecule has 0 radical (unpaired) electrons. The highest BCUT2D eigenvalue weighted by atomic mass is 32.1. The molecule has 0 heterocycles. The second-order valence-electron chi connectivity index (χ2n) is 9.73. The van der Waals surface area contributed by atoms with E-state index in [-0.39, 0.29) is 10.8 Å². The fraction of sp³-hybridized carbons (Fsp3) is 0.188. The molecule has 1 heteroatoms. The van der Waals surface area contributed by atoms with Crippen LogP contribution in [-0.4, -0.2) is 0 Å². The summed E-state index contributed by atoms with van der Waals surface area (Å²) in [7, 11) is 0. The van der Waals surface area contributed by atoms with Crippen molar-refractivity contribution < 1.29 is 0 Å². The predicted molar refractivity (Wildman–Crippen MR) is 147 cm³/mol.